The standard InChI is InChI=1S/C11H17N5O2/c1-7-2-3-16(9(7)6-17)11(18)8-4-14-10(15-12)5-13-8/h4-5,7,9,17H,2-3,6,12H2,1H3,(H,14,15). The monoisotopic (exact) mass is 251 g/mol. The average Bonchev–Trinajstić information content (AvgIpc) is 2.79. The number of nitrogen functional groups attached to an aromatic ring is 1. The Morgan fingerprint density at radius 3 is 2.94 bits per heavy atom. The fourth-order valence-electron chi connectivity index (χ4n) is 2.20. The Hall–Kier alpha value is -1.73. The Kier molecular flexibility index (Phi) is 3.73. The van der Waals surface area contributed by atoms with E-state index in [1.54, 1.807) is 4.90 Å². The topological polar surface area (TPSA) is 104 Å². The van der Waals surface area contributed by atoms with Crippen LogP contribution in [-0.2, 0) is 0 Å². The molecule has 1 saturated heterocycles. The highest BCUT2D eigenvalue weighted by Gasteiger charge is 2.34. The fourth-order valence-corrected chi connectivity index (χ4v) is 2.20. The Morgan fingerprint density at radius 2 is 2.39 bits per heavy atom. The van der Waals surface area contributed by atoms with E-state index in [1.807, 2.05) is 6.92 Å². The molecule has 98 valence electrons. The van der Waals surface area contributed by atoms with E-state index in [0.29, 0.717) is 18.3 Å². The van der Waals surface area contributed by atoms with Gasteiger partial charge in [-0.1, -0.05) is 6.92 Å². The van der Waals surface area contributed by atoms with Gasteiger partial charge in [0.15, 0.2) is 5.82 Å². The van der Waals surface area contributed by atoms with E-state index in [4.69, 9.17) is 5.84 Å². The lowest BCUT2D eigenvalue weighted by Crippen LogP contribution is -2.40. The summed E-state index contributed by atoms with van der Waals surface area (Å²) in [7, 11) is 0. The first-order chi connectivity index (χ1) is 8.67. The fraction of sp³-hybridized carbons (Fsp3) is 0.545. The number of hydrazine groups is 1. The summed E-state index contributed by atoms with van der Waals surface area (Å²) in [6.07, 6.45) is 3.68. The van der Waals surface area contributed by atoms with Crippen LogP contribution in [0.25, 0.3) is 0 Å². The summed E-state index contributed by atoms with van der Waals surface area (Å²) >= 11 is 0. The summed E-state index contributed by atoms with van der Waals surface area (Å²) < 4.78 is 0. The number of aromatic nitrogens is 2. The molecular formula is C11H17N5O2. The number of nitrogens with zero attached hydrogens (tertiary/aromatic N) is 3. The molecule has 1 aliphatic rings. The molecule has 7 heteroatoms. The van der Waals surface area contributed by atoms with Crippen LogP contribution in [0.1, 0.15) is 23.8 Å². The van der Waals surface area contributed by atoms with Crippen molar-refractivity contribution in [1.29, 1.82) is 0 Å². The molecule has 7 nitrogen and oxygen atoms in total. The summed E-state index contributed by atoms with van der Waals surface area (Å²) in [6.45, 7) is 2.65. The van der Waals surface area contributed by atoms with Crippen molar-refractivity contribution < 1.29 is 9.90 Å². The maximum atomic E-state index is 12.2. The third kappa shape index (κ3) is 2.27. The largest absolute Gasteiger partial charge is 0.394 e. The second-order valence-electron chi connectivity index (χ2n) is 4.45. The van der Waals surface area contributed by atoms with E-state index in [9.17, 15) is 9.90 Å². The van der Waals surface area contributed by atoms with E-state index in [-0.39, 0.29) is 24.2 Å². The number of amides is 1. The van der Waals surface area contributed by atoms with Crippen molar-refractivity contribution in [3.05, 3.63) is 18.1 Å². The normalized spacial score (nSPS) is 23.2. The number of carbonyl (C=O) groups excluding carboxylic acids is 1. The number of nitrogens with one attached hydrogen (secondary N) is 1. The van der Waals surface area contributed by atoms with Gasteiger partial charge in [0.2, 0.25) is 0 Å². The first kappa shape index (κ1) is 12.7. The molecule has 1 aliphatic heterocycles. The lowest BCUT2D eigenvalue weighted by atomic mass is 10.0. The number of anilines is 1. The highest BCUT2D eigenvalue weighted by atomic mass is 16.3. The molecule has 0 aromatic carbocycles. The van der Waals surface area contributed by atoms with E-state index in [1.165, 1.54) is 12.4 Å². The van der Waals surface area contributed by atoms with Gasteiger partial charge in [-0.25, -0.2) is 15.8 Å². The van der Waals surface area contributed by atoms with Crippen molar-refractivity contribution >= 4 is 11.7 Å². The minimum atomic E-state index is -0.200. The molecule has 0 spiro atoms. The third-order valence-corrected chi connectivity index (χ3v) is 3.35. The molecule has 2 rings (SSSR count). The lowest BCUT2D eigenvalue weighted by Gasteiger charge is -2.24. The van der Waals surface area contributed by atoms with E-state index < -0.39 is 0 Å². The molecule has 0 aliphatic carbocycles. The van der Waals surface area contributed by atoms with Gasteiger partial charge in [0, 0.05) is 6.54 Å². The summed E-state index contributed by atoms with van der Waals surface area (Å²) in [4.78, 5) is 21.8. The molecule has 0 bridgehead atoms. The second-order valence-corrected chi connectivity index (χ2v) is 4.45. The summed E-state index contributed by atoms with van der Waals surface area (Å²) in [5.41, 5.74) is 2.62. The minimum absolute atomic E-state index is 0.0250. The van der Waals surface area contributed by atoms with Gasteiger partial charge in [0.05, 0.1) is 25.0 Å². The number of carbonyl (C=O) groups is 1. The zero-order valence-corrected chi connectivity index (χ0v) is 10.2. The van der Waals surface area contributed by atoms with Gasteiger partial charge in [-0.2, -0.15) is 0 Å². The molecule has 4 N–H and O–H groups in total. The molecule has 2 unspecified atom stereocenters. The number of aliphatic hydroxyl groups excluding tert-OH is 1. The predicted octanol–water partition coefficient (Wildman–Crippen LogP) is -0.395. The van der Waals surface area contributed by atoms with Crippen molar-refractivity contribution in [3.8, 4) is 0 Å². The highest BCUT2D eigenvalue weighted by molar-refractivity contribution is 5.92. The summed E-state index contributed by atoms with van der Waals surface area (Å²) in [6, 6.07) is -0.133. The molecule has 2 heterocycles. The summed E-state index contributed by atoms with van der Waals surface area (Å²) in [5, 5.41) is 9.33. The maximum absolute atomic E-state index is 12.2. The number of hydrogen-bond donors (Lipinski definition) is 3. The van der Waals surface area contributed by atoms with Crippen LogP contribution in [0.4, 0.5) is 5.82 Å². The molecule has 2 atom stereocenters. The number of rotatable bonds is 3. The molecule has 1 aromatic heterocycles. The maximum Gasteiger partial charge on any atom is 0.274 e. The number of aliphatic hydroxyl groups is 1. The molecular weight excluding hydrogens is 234 g/mol. The zero-order chi connectivity index (χ0) is 13.1. The zero-order valence-electron chi connectivity index (χ0n) is 10.2. The van der Waals surface area contributed by atoms with Gasteiger partial charge < -0.3 is 15.4 Å². The van der Waals surface area contributed by atoms with Crippen molar-refractivity contribution in [2.75, 3.05) is 18.6 Å². The van der Waals surface area contributed by atoms with Crippen LogP contribution in [-0.4, -0.2) is 45.1 Å². The second kappa shape index (κ2) is 5.28. The number of nitrogens with two attached hydrogens (primary N) is 1. The van der Waals surface area contributed by atoms with Gasteiger partial charge in [0.25, 0.3) is 5.91 Å². The van der Waals surface area contributed by atoms with E-state index in [2.05, 4.69) is 15.4 Å². The van der Waals surface area contributed by atoms with E-state index in [0.717, 1.165) is 6.42 Å². The van der Waals surface area contributed by atoms with Crippen molar-refractivity contribution in [2.45, 2.75) is 19.4 Å². The quantitative estimate of drug-likeness (QED) is 0.499. The van der Waals surface area contributed by atoms with Crippen molar-refractivity contribution in [1.82, 2.24) is 14.9 Å². The van der Waals surface area contributed by atoms with E-state index >= 15 is 0 Å². The molecule has 1 fully saturated rings. The van der Waals surface area contributed by atoms with Crippen LogP contribution >= 0.6 is 0 Å². The number of hydrogen-bond acceptors (Lipinski definition) is 6. The number of likely N-dealkylation sites (tertiary alicyclic amines) is 1. The Morgan fingerprint density at radius 1 is 1.61 bits per heavy atom. The SMILES string of the molecule is CC1CCN(C(=O)c2cnc(NN)cn2)C1CO. The lowest BCUT2D eigenvalue weighted by molar-refractivity contribution is 0.0642. The van der Waals surface area contributed by atoms with Crippen LogP contribution in [0.5, 0.6) is 0 Å². The van der Waals surface area contributed by atoms with Crippen molar-refractivity contribution in [2.24, 2.45) is 11.8 Å². The Balaban J connectivity index is 2.15. The van der Waals surface area contributed by atoms with Gasteiger partial charge in [-0.15, -0.1) is 0 Å². The van der Waals surface area contributed by atoms with Gasteiger partial charge in [-0.05, 0) is 12.3 Å². The predicted molar refractivity (Wildman–Crippen MR) is 65.5 cm³/mol. The molecule has 18 heavy (non-hydrogen) atoms. The van der Waals surface area contributed by atoms with Crippen LogP contribution < -0.4 is 11.3 Å². The average molecular weight is 251 g/mol. The summed E-state index contributed by atoms with van der Waals surface area (Å²) in [5.74, 6) is 5.68. The van der Waals surface area contributed by atoms with Crippen LogP contribution in [0.15, 0.2) is 12.4 Å². The Labute approximate surface area is 105 Å². The smallest absolute Gasteiger partial charge is 0.274 e. The molecule has 0 radical (unpaired) electrons. The van der Waals surface area contributed by atoms with Crippen molar-refractivity contribution in [3.63, 3.8) is 0 Å². The Bertz CT molecular complexity index is 422. The van der Waals surface area contributed by atoms with Gasteiger partial charge >= 0.3 is 0 Å². The highest BCUT2D eigenvalue weighted by Crippen LogP contribution is 2.24. The molecule has 1 amide bonds. The van der Waals surface area contributed by atoms with Crippen LogP contribution in [0, 0.1) is 5.92 Å². The molecule has 1 aromatic rings. The first-order valence-corrected chi connectivity index (χ1v) is 5.88. The van der Waals surface area contributed by atoms with Crippen LogP contribution in [0.3, 0.4) is 0 Å². The van der Waals surface area contributed by atoms with Gasteiger partial charge in [0.1, 0.15) is 5.69 Å². The minimum Gasteiger partial charge on any atom is -0.394 e. The van der Waals surface area contributed by atoms with Crippen LogP contribution in [0.2, 0.25) is 0 Å². The first-order valence-electron chi connectivity index (χ1n) is 5.88. The molecule has 0 saturated carbocycles. The third-order valence-electron chi connectivity index (χ3n) is 3.35. The van der Waals surface area contributed by atoms with Gasteiger partial charge in [-0.3, -0.25) is 4.79 Å².